The largest absolute Gasteiger partial charge is 0.452 e. The van der Waals surface area contributed by atoms with Crippen LogP contribution in [0.5, 0.6) is 0 Å². The lowest BCUT2D eigenvalue weighted by Crippen LogP contribution is -2.61. The molecule has 9 heteroatoms. The Morgan fingerprint density at radius 2 is 2.00 bits per heavy atom. The molecule has 0 atom stereocenters. The smallest absolute Gasteiger partial charge is 0.421 e. The molecule has 1 rings (SSSR count). The van der Waals surface area contributed by atoms with Crippen LogP contribution in [0.3, 0.4) is 0 Å². The Hall–Kier alpha value is -1.35. The van der Waals surface area contributed by atoms with Crippen molar-refractivity contribution in [1.29, 1.82) is 5.41 Å². The molecule has 0 unspecified atom stereocenters. The third-order valence-corrected chi connectivity index (χ3v) is 4.88. The van der Waals surface area contributed by atoms with Crippen LogP contribution in [0.1, 0.15) is 39.0 Å². The van der Waals surface area contributed by atoms with Gasteiger partial charge in [0.15, 0.2) is 0 Å². The van der Waals surface area contributed by atoms with Gasteiger partial charge >= 0.3 is 16.3 Å². The second-order valence-corrected chi connectivity index (χ2v) is 6.46. The van der Waals surface area contributed by atoms with Crippen molar-refractivity contribution in [3.8, 4) is 0 Å². The molecule has 0 aromatic rings. The van der Waals surface area contributed by atoms with Gasteiger partial charge in [0.1, 0.15) is 5.84 Å². The minimum Gasteiger partial charge on any atom is -0.452 e. The van der Waals surface area contributed by atoms with Crippen LogP contribution in [0.2, 0.25) is 0 Å². The molecule has 5 N–H and O–H groups in total. The summed E-state index contributed by atoms with van der Waals surface area (Å²) in [6.45, 7) is 2.08. The highest BCUT2D eigenvalue weighted by atomic mass is 32.2. The van der Waals surface area contributed by atoms with E-state index in [4.69, 9.17) is 11.1 Å². The van der Waals surface area contributed by atoms with E-state index < -0.39 is 21.8 Å². The molecule has 8 nitrogen and oxygen atoms in total. The maximum absolute atomic E-state index is 11.9. The summed E-state index contributed by atoms with van der Waals surface area (Å²) in [5, 5.41) is 7.67. The summed E-state index contributed by atoms with van der Waals surface area (Å²) < 4.78 is 32.0. The number of hydrogen-bond donors (Lipinski definition) is 4. The SMILES string of the molecule is CCC1CCC(NS(=O)(=O)NC(=O)OC)(C(=N)N)CC1. The number of carbonyl (C=O) groups is 1. The maximum Gasteiger partial charge on any atom is 0.421 e. The fraction of sp³-hybridized carbons (Fsp3) is 0.818. The Kier molecular flexibility index (Phi) is 5.35. The number of ether oxygens (including phenoxy) is 1. The standard InChI is InChI=1S/C11H22N4O4S/c1-3-8-4-6-11(7-5-8,9(12)13)15-20(17,18)14-10(16)19-2/h8,15H,3-7H2,1-2H3,(H3,12,13)(H,14,16). The summed E-state index contributed by atoms with van der Waals surface area (Å²) >= 11 is 0. The van der Waals surface area contributed by atoms with Crippen molar-refractivity contribution in [2.45, 2.75) is 44.6 Å². The summed E-state index contributed by atoms with van der Waals surface area (Å²) in [6.07, 6.45) is 2.40. The molecule has 0 aromatic heterocycles. The number of amides is 1. The van der Waals surface area contributed by atoms with E-state index in [1.807, 2.05) is 0 Å². The van der Waals surface area contributed by atoms with Gasteiger partial charge < -0.3 is 10.5 Å². The van der Waals surface area contributed by atoms with E-state index in [2.05, 4.69) is 16.4 Å². The lowest BCUT2D eigenvalue weighted by Gasteiger charge is -2.39. The lowest BCUT2D eigenvalue weighted by atomic mass is 9.75. The van der Waals surface area contributed by atoms with Crippen molar-refractivity contribution in [3.05, 3.63) is 0 Å². The third kappa shape index (κ3) is 4.07. The van der Waals surface area contributed by atoms with Gasteiger partial charge in [-0.3, -0.25) is 5.41 Å². The molecule has 0 aliphatic heterocycles. The Bertz CT molecular complexity index is 469. The van der Waals surface area contributed by atoms with Crippen molar-refractivity contribution < 1.29 is 17.9 Å². The summed E-state index contributed by atoms with van der Waals surface area (Å²) in [6, 6.07) is 0. The van der Waals surface area contributed by atoms with E-state index in [-0.39, 0.29) is 5.84 Å². The first-order chi connectivity index (χ1) is 9.24. The first-order valence-electron chi connectivity index (χ1n) is 6.49. The highest BCUT2D eigenvalue weighted by Crippen LogP contribution is 2.34. The van der Waals surface area contributed by atoms with E-state index in [1.165, 1.54) is 0 Å². The van der Waals surface area contributed by atoms with Crippen LogP contribution in [0.25, 0.3) is 0 Å². The van der Waals surface area contributed by atoms with Crippen molar-refractivity contribution in [3.63, 3.8) is 0 Å². The Morgan fingerprint density at radius 1 is 1.45 bits per heavy atom. The van der Waals surface area contributed by atoms with Crippen molar-refractivity contribution in [1.82, 2.24) is 9.44 Å². The number of nitrogens with one attached hydrogen (secondary N) is 3. The Labute approximate surface area is 119 Å². The number of amidine groups is 1. The minimum atomic E-state index is -4.12. The monoisotopic (exact) mass is 306 g/mol. The molecule has 0 spiro atoms. The molecule has 0 heterocycles. The van der Waals surface area contributed by atoms with Gasteiger partial charge in [0.2, 0.25) is 0 Å². The van der Waals surface area contributed by atoms with Crippen LogP contribution >= 0.6 is 0 Å². The molecule has 0 saturated heterocycles. The predicted octanol–water partition coefficient (Wildman–Crippen LogP) is 0.452. The summed E-state index contributed by atoms with van der Waals surface area (Å²) in [7, 11) is -3.05. The number of carbonyl (C=O) groups excluding carboxylic acids is 1. The number of methoxy groups -OCH3 is 1. The highest BCUT2D eigenvalue weighted by Gasteiger charge is 2.41. The fourth-order valence-corrected chi connectivity index (χ4v) is 3.62. The molecule has 0 bridgehead atoms. The van der Waals surface area contributed by atoms with E-state index in [0.717, 1.165) is 26.4 Å². The van der Waals surface area contributed by atoms with Gasteiger partial charge in [0, 0.05) is 0 Å². The van der Waals surface area contributed by atoms with Gasteiger partial charge in [-0.25, -0.2) is 9.52 Å². The first-order valence-corrected chi connectivity index (χ1v) is 7.97. The zero-order chi connectivity index (χ0) is 15.4. The summed E-state index contributed by atoms with van der Waals surface area (Å²) in [5.74, 6) is 0.280. The van der Waals surface area contributed by atoms with Crippen molar-refractivity contribution in [2.75, 3.05) is 7.11 Å². The van der Waals surface area contributed by atoms with Gasteiger partial charge in [-0.15, -0.1) is 0 Å². The van der Waals surface area contributed by atoms with Crippen molar-refractivity contribution >= 4 is 22.1 Å². The Morgan fingerprint density at radius 3 is 2.40 bits per heavy atom. The van der Waals surface area contributed by atoms with Crippen LogP contribution in [-0.2, 0) is 14.9 Å². The normalized spacial score (nSPS) is 26.8. The molecular weight excluding hydrogens is 284 g/mol. The fourth-order valence-electron chi connectivity index (χ4n) is 2.44. The van der Waals surface area contributed by atoms with Gasteiger partial charge in [-0.1, -0.05) is 13.3 Å². The van der Waals surface area contributed by atoms with Crippen LogP contribution in [0, 0.1) is 11.3 Å². The molecule has 1 amide bonds. The zero-order valence-electron chi connectivity index (χ0n) is 11.7. The summed E-state index contributed by atoms with van der Waals surface area (Å²) in [4.78, 5) is 11.0. The predicted molar refractivity (Wildman–Crippen MR) is 74.5 cm³/mol. The van der Waals surface area contributed by atoms with E-state index in [1.54, 1.807) is 4.72 Å². The molecule has 1 aliphatic rings. The topological polar surface area (TPSA) is 134 Å². The van der Waals surface area contributed by atoms with Crippen LogP contribution < -0.4 is 15.2 Å². The molecule has 20 heavy (non-hydrogen) atoms. The van der Waals surface area contributed by atoms with Crippen molar-refractivity contribution in [2.24, 2.45) is 11.7 Å². The van der Waals surface area contributed by atoms with E-state index >= 15 is 0 Å². The highest BCUT2D eigenvalue weighted by molar-refractivity contribution is 7.88. The van der Waals surface area contributed by atoms with Crippen LogP contribution in [-0.4, -0.2) is 33.0 Å². The number of hydrogen-bond acceptors (Lipinski definition) is 5. The average Bonchev–Trinajstić information content (AvgIpc) is 2.38. The number of nitrogens with two attached hydrogens (primary N) is 1. The molecule has 0 aromatic carbocycles. The Balaban J connectivity index is 2.83. The number of rotatable bonds is 5. The van der Waals surface area contributed by atoms with Crippen LogP contribution in [0.15, 0.2) is 0 Å². The van der Waals surface area contributed by atoms with Gasteiger partial charge in [-0.2, -0.15) is 13.1 Å². The average molecular weight is 306 g/mol. The van der Waals surface area contributed by atoms with Crippen LogP contribution in [0.4, 0.5) is 4.79 Å². The first kappa shape index (κ1) is 16.7. The summed E-state index contributed by atoms with van der Waals surface area (Å²) in [5.41, 5.74) is 4.45. The van der Waals surface area contributed by atoms with Gasteiger partial charge in [0.05, 0.1) is 12.6 Å². The molecular formula is C11H22N4O4S. The molecule has 1 saturated carbocycles. The lowest BCUT2D eigenvalue weighted by molar-refractivity contribution is 0.177. The zero-order valence-corrected chi connectivity index (χ0v) is 12.5. The third-order valence-electron chi connectivity index (χ3n) is 3.78. The van der Waals surface area contributed by atoms with E-state index in [0.29, 0.717) is 18.8 Å². The molecule has 116 valence electrons. The second kappa shape index (κ2) is 6.40. The van der Waals surface area contributed by atoms with Gasteiger partial charge in [-0.05, 0) is 31.6 Å². The van der Waals surface area contributed by atoms with Gasteiger partial charge in [0.25, 0.3) is 0 Å². The molecule has 1 fully saturated rings. The second-order valence-electron chi connectivity index (χ2n) is 5.05. The minimum absolute atomic E-state index is 0.234. The van der Waals surface area contributed by atoms with E-state index in [9.17, 15) is 13.2 Å². The molecule has 0 radical (unpaired) electrons. The molecule has 1 aliphatic carbocycles. The quantitative estimate of drug-likeness (QED) is 0.432. The maximum atomic E-state index is 11.9.